The molecule has 2 aromatic carbocycles. The number of hydrogen-bond donors (Lipinski definition) is 1. The Hall–Kier alpha value is -3.06. The zero-order chi connectivity index (χ0) is 19.6. The van der Waals surface area contributed by atoms with E-state index in [9.17, 15) is 14.4 Å². The molecule has 2 aromatic rings. The number of carbonyl (C=O) groups is 3. The summed E-state index contributed by atoms with van der Waals surface area (Å²) in [5.74, 6) is -0.585. The highest BCUT2D eigenvalue weighted by Crippen LogP contribution is 2.39. The van der Waals surface area contributed by atoms with E-state index < -0.39 is 18.0 Å². The molecule has 0 unspecified atom stereocenters. The molecule has 1 aliphatic heterocycles. The van der Waals surface area contributed by atoms with Gasteiger partial charge in [0.05, 0.1) is 10.6 Å². The number of rotatable bonds is 5. The van der Waals surface area contributed by atoms with Crippen LogP contribution in [0, 0.1) is 0 Å². The fraction of sp³-hybridized carbons (Fsp3) is 0.211. The van der Waals surface area contributed by atoms with Gasteiger partial charge in [-0.3, -0.25) is 9.59 Å². The van der Waals surface area contributed by atoms with E-state index >= 15 is 0 Å². The van der Waals surface area contributed by atoms with Gasteiger partial charge in [-0.05, 0) is 50.2 Å². The predicted molar refractivity (Wildman–Crippen MR) is 97.5 cm³/mol. The molecular formula is C19H16ClNO6. The standard InChI is InChI=1S/C19H16ClNO6/c1-10(22)12-3-5-14(6-4-12)21-18(23)11(2)27-19(24)13-7-15(20)17-16(8-13)25-9-26-17/h3-8,11H,9H2,1-2H3,(H,21,23)/t11-/m1/s1. The number of carbonyl (C=O) groups excluding carboxylic acids is 3. The molecule has 0 saturated heterocycles. The summed E-state index contributed by atoms with van der Waals surface area (Å²) in [4.78, 5) is 35.8. The summed E-state index contributed by atoms with van der Waals surface area (Å²) < 4.78 is 15.6. The van der Waals surface area contributed by atoms with Crippen LogP contribution in [0.2, 0.25) is 5.02 Å². The van der Waals surface area contributed by atoms with Gasteiger partial charge in [-0.2, -0.15) is 0 Å². The molecule has 1 amide bonds. The Morgan fingerprint density at radius 1 is 1.11 bits per heavy atom. The highest BCUT2D eigenvalue weighted by molar-refractivity contribution is 6.32. The van der Waals surface area contributed by atoms with Gasteiger partial charge in [0.1, 0.15) is 0 Å². The third kappa shape index (κ3) is 4.20. The van der Waals surface area contributed by atoms with Gasteiger partial charge < -0.3 is 19.5 Å². The summed E-state index contributed by atoms with van der Waals surface area (Å²) in [6.45, 7) is 2.93. The Bertz CT molecular complexity index is 909. The van der Waals surface area contributed by atoms with Gasteiger partial charge in [0.15, 0.2) is 23.4 Å². The second kappa shape index (κ2) is 7.67. The molecule has 1 heterocycles. The van der Waals surface area contributed by atoms with E-state index in [2.05, 4.69) is 5.32 Å². The van der Waals surface area contributed by atoms with Crippen LogP contribution in [0.5, 0.6) is 11.5 Å². The molecule has 27 heavy (non-hydrogen) atoms. The molecule has 1 aliphatic rings. The molecule has 0 saturated carbocycles. The average Bonchev–Trinajstić information content (AvgIpc) is 3.11. The van der Waals surface area contributed by atoms with E-state index in [1.807, 2.05) is 0 Å². The quantitative estimate of drug-likeness (QED) is 0.622. The predicted octanol–water partition coefficient (Wildman–Crippen LogP) is 3.46. The highest BCUT2D eigenvalue weighted by atomic mass is 35.5. The number of ketones is 1. The molecule has 0 aromatic heterocycles. The lowest BCUT2D eigenvalue weighted by molar-refractivity contribution is -0.123. The number of halogens is 1. The van der Waals surface area contributed by atoms with E-state index in [0.717, 1.165) is 0 Å². The maximum Gasteiger partial charge on any atom is 0.339 e. The van der Waals surface area contributed by atoms with Crippen molar-refractivity contribution in [2.45, 2.75) is 20.0 Å². The molecule has 140 valence electrons. The molecule has 7 nitrogen and oxygen atoms in total. The van der Waals surface area contributed by atoms with Crippen molar-refractivity contribution in [1.29, 1.82) is 0 Å². The number of fused-ring (bicyclic) bond motifs is 1. The number of ether oxygens (including phenoxy) is 3. The number of Topliss-reactive ketones (excluding diaryl/α,β-unsaturated/α-hetero) is 1. The Balaban J connectivity index is 1.63. The lowest BCUT2D eigenvalue weighted by Crippen LogP contribution is -2.30. The van der Waals surface area contributed by atoms with Crippen LogP contribution in [0.25, 0.3) is 0 Å². The smallest absolute Gasteiger partial charge is 0.339 e. The number of anilines is 1. The highest BCUT2D eigenvalue weighted by Gasteiger charge is 2.24. The molecule has 0 bridgehead atoms. The van der Waals surface area contributed by atoms with Gasteiger partial charge >= 0.3 is 5.97 Å². The lowest BCUT2D eigenvalue weighted by atomic mass is 10.1. The van der Waals surface area contributed by atoms with Crippen molar-refractivity contribution >= 4 is 34.9 Å². The van der Waals surface area contributed by atoms with Crippen LogP contribution in [0.15, 0.2) is 36.4 Å². The summed E-state index contributed by atoms with van der Waals surface area (Å²) in [6, 6.07) is 9.23. The van der Waals surface area contributed by atoms with Crippen molar-refractivity contribution in [3.8, 4) is 11.5 Å². The molecule has 1 atom stereocenters. The Kier molecular flexibility index (Phi) is 5.32. The van der Waals surface area contributed by atoms with Gasteiger partial charge in [-0.1, -0.05) is 11.6 Å². The summed E-state index contributed by atoms with van der Waals surface area (Å²) in [5.41, 5.74) is 1.17. The zero-order valence-corrected chi connectivity index (χ0v) is 15.3. The SMILES string of the molecule is CC(=O)c1ccc(NC(=O)[C@@H](C)OC(=O)c2cc(Cl)c3c(c2)OCO3)cc1. The van der Waals surface area contributed by atoms with E-state index in [0.29, 0.717) is 22.7 Å². The first-order valence-electron chi connectivity index (χ1n) is 8.07. The fourth-order valence-electron chi connectivity index (χ4n) is 2.40. The Morgan fingerprint density at radius 3 is 2.48 bits per heavy atom. The lowest BCUT2D eigenvalue weighted by Gasteiger charge is -2.14. The van der Waals surface area contributed by atoms with Crippen LogP contribution < -0.4 is 14.8 Å². The monoisotopic (exact) mass is 389 g/mol. The Morgan fingerprint density at radius 2 is 1.81 bits per heavy atom. The van der Waals surface area contributed by atoms with Crippen LogP contribution in [0.1, 0.15) is 34.6 Å². The van der Waals surface area contributed by atoms with Gasteiger partial charge in [0.25, 0.3) is 5.91 Å². The van der Waals surface area contributed by atoms with Crippen molar-refractivity contribution < 1.29 is 28.6 Å². The van der Waals surface area contributed by atoms with Gasteiger partial charge in [-0.25, -0.2) is 4.79 Å². The van der Waals surface area contributed by atoms with E-state index in [1.165, 1.54) is 26.0 Å². The molecule has 8 heteroatoms. The first-order valence-corrected chi connectivity index (χ1v) is 8.45. The topological polar surface area (TPSA) is 90.9 Å². The maximum absolute atomic E-state index is 12.3. The van der Waals surface area contributed by atoms with Crippen LogP contribution >= 0.6 is 11.6 Å². The third-order valence-electron chi connectivity index (χ3n) is 3.87. The van der Waals surface area contributed by atoms with Crippen LogP contribution in [0.3, 0.4) is 0 Å². The minimum Gasteiger partial charge on any atom is -0.454 e. The molecule has 0 spiro atoms. The third-order valence-corrected chi connectivity index (χ3v) is 4.16. The molecule has 1 N–H and O–H groups in total. The zero-order valence-electron chi connectivity index (χ0n) is 14.6. The summed E-state index contributed by atoms with van der Waals surface area (Å²) in [6.07, 6.45) is -1.05. The maximum atomic E-state index is 12.3. The minimum atomic E-state index is -1.05. The van der Waals surface area contributed by atoms with Crippen molar-refractivity contribution in [2.75, 3.05) is 12.1 Å². The first-order chi connectivity index (χ1) is 12.8. The number of benzene rings is 2. The first kappa shape index (κ1) is 18.7. The van der Waals surface area contributed by atoms with Crippen molar-refractivity contribution in [3.05, 3.63) is 52.5 Å². The number of esters is 1. The van der Waals surface area contributed by atoms with Crippen molar-refractivity contribution in [3.63, 3.8) is 0 Å². The molecule has 0 radical (unpaired) electrons. The second-order valence-electron chi connectivity index (χ2n) is 5.86. The second-order valence-corrected chi connectivity index (χ2v) is 6.27. The molecule has 0 aliphatic carbocycles. The van der Waals surface area contributed by atoms with Crippen molar-refractivity contribution in [2.24, 2.45) is 0 Å². The fourth-order valence-corrected chi connectivity index (χ4v) is 2.66. The number of hydrogen-bond acceptors (Lipinski definition) is 6. The average molecular weight is 390 g/mol. The Labute approximate surface area is 160 Å². The van der Waals surface area contributed by atoms with E-state index in [4.69, 9.17) is 25.8 Å². The number of amides is 1. The van der Waals surface area contributed by atoms with Crippen LogP contribution in [-0.4, -0.2) is 30.6 Å². The summed E-state index contributed by atoms with van der Waals surface area (Å²) in [5, 5.41) is 2.84. The summed E-state index contributed by atoms with van der Waals surface area (Å²) >= 11 is 6.04. The van der Waals surface area contributed by atoms with Gasteiger partial charge in [0.2, 0.25) is 6.79 Å². The van der Waals surface area contributed by atoms with Crippen molar-refractivity contribution in [1.82, 2.24) is 0 Å². The molecule has 3 rings (SSSR count). The molecular weight excluding hydrogens is 374 g/mol. The van der Waals surface area contributed by atoms with E-state index in [1.54, 1.807) is 24.3 Å². The van der Waals surface area contributed by atoms with Crippen LogP contribution in [-0.2, 0) is 9.53 Å². The normalized spacial score (nSPS) is 13.0. The minimum absolute atomic E-state index is 0.0226. The largest absolute Gasteiger partial charge is 0.454 e. The summed E-state index contributed by atoms with van der Waals surface area (Å²) in [7, 11) is 0. The molecule has 0 fully saturated rings. The van der Waals surface area contributed by atoms with Gasteiger partial charge in [0, 0.05) is 11.3 Å². The van der Waals surface area contributed by atoms with E-state index in [-0.39, 0.29) is 23.2 Å². The van der Waals surface area contributed by atoms with Crippen LogP contribution in [0.4, 0.5) is 5.69 Å². The van der Waals surface area contributed by atoms with Gasteiger partial charge in [-0.15, -0.1) is 0 Å². The number of nitrogens with one attached hydrogen (secondary N) is 1.